The van der Waals surface area contributed by atoms with Crippen LogP contribution in [0.2, 0.25) is 0 Å². The Labute approximate surface area is 251 Å². The second kappa shape index (κ2) is 15.6. The number of allylic oxidation sites excluding steroid dienone is 3. The summed E-state index contributed by atoms with van der Waals surface area (Å²) in [5.41, 5.74) is -0.643. The second-order valence-corrected chi connectivity index (χ2v) is 13.8. The molecular formula is C31H50O10S. The average molecular weight is 615 g/mol. The van der Waals surface area contributed by atoms with Gasteiger partial charge in [0.1, 0.15) is 17.8 Å². The molecular weight excluding hydrogens is 564 g/mol. The van der Waals surface area contributed by atoms with Gasteiger partial charge in [-0.15, -0.1) is 0 Å². The molecule has 10 atom stereocenters. The lowest BCUT2D eigenvalue weighted by atomic mass is 9.88. The fourth-order valence-electron chi connectivity index (χ4n) is 5.34. The normalized spacial score (nSPS) is 34.4. The standard InChI is InChI=1S/C31H50O10S/c1-9-25(41-42(8,36)37)22(5)30-26(39-30)17-19(2)11-10-12-20(3)29-21(4)13-14-27(38-23(6)32)31(7,35)16-15-24(33)18-28(34)40-29/h10-14,19,21-22,24-27,29-30,33,35H,9,15-18H2,1-8H3/b11-10+,14-13+,20-12+. The van der Waals surface area contributed by atoms with Crippen molar-refractivity contribution in [2.75, 3.05) is 6.26 Å². The Balaban J connectivity index is 2.10. The SMILES string of the molecule is CCC(OS(C)(=O)=O)C(C)C1OC1CC(C)/C=C/C=C(\C)C1OC(=O)CC(O)CCC(C)(O)C(OC(C)=O)/C=C/C1C. The number of hydrogen-bond acceptors (Lipinski definition) is 10. The summed E-state index contributed by atoms with van der Waals surface area (Å²) in [6.45, 7) is 12.4. The Morgan fingerprint density at radius 3 is 2.52 bits per heavy atom. The van der Waals surface area contributed by atoms with Crippen molar-refractivity contribution < 1.29 is 46.6 Å². The zero-order valence-electron chi connectivity index (χ0n) is 26.2. The molecule has 11 heteroatoms. The van der Waals surface area contributed by atoms with E-state index in [0.29, 0.717) is 6.42 Å². The van der Waals surface area contributed by atoms with Crippen molar-refractivity contribution in [1.29, 1.82) is 0 Å². The number of carbonyl (C=O) groups is 2. The number of hydrogen-bond donors (Lipinski definition) is 2. The fourth-order valence-corrected chi connectivity index (χ4v) is 6.10. The minimum Gasteiger partial charge on any atom is -0.457 e. The summed E-state index contributed by atoms with van der Waals surface area (Å²) in [6.07, 6.45) is 8.62. The maximum atomic E-state index is 12.6. The lowest BCUT2D eigenvalue weighted by Crippen LogP contribution is -2.42. The van der Waals surface area contributed by atoms with Crippen molar-refractivity contribution in [2.24, 2.45) is 17.8 Å². The van der Waals surface area contributed by atoms with Gasteiger partial charge in [-0.3, -0.25) is 13.8 Å². The summed E-state index contributed by atoms with van der Waals surface area (Å²) in [4.78, 5) is 24.3. The molecule has 0 aliphatic carbocycles. The maximum absolute atomic E-state index is 12.6. The highest BCUT2D eigenvalue weighted by molar-refractivity contribution is 7.86. The van der Waals surface area contributed by atoms with Gasteiger partial charge in [0, 0.05) is 18.8 Å². The van der Waals surface area contributed by atoms with E-state index in [9.17, 15) is 28.2 Å². The van der Waals surface area contributed by atoms with Gasteiger partial charge in [-0.1, -0.05) is 52.0 Å². The molecule has 2 N–H and O–H groups in total. The molecule has 10 unspecified atom stereocenters. The van der Waals surface area contributed by atoms with Gasteiger partial charge in [-0.05, 0) is 57.1 Å². The minimum atomic E-state index is -3.54. The summed E-state index contributed by atoms with van der Waals surface area (Å²) in [7, 11) is -3.54. The molecule has 0 aromatic rings. The number of carbonyl (C=O) groups excluding carboxylic acids is 2. The number of aliphatic hydroxyl groups excluding tert-OH is 1. The first-order valence-corrected chi connectivity index (χ1v) is 16.6. The monoisotopic (exact) mass is 614 g/mol. The third-order valence-electron chi connectivity index (χ3n) is 7.90. The van der Waals surface area contributed by atoms with E-state index < -0.39 is 52.1 Å². The number of epoxide rings is 1. The van der Waals surface area contributed by atoms with Crippen molar-refractivity contribution in [3.63, 3.8) is 0 Å². The van der Waals surface area contributed by atoms with Crippen LogP contribution in [0.3, 0.4) is 0 Å². The molecule has 10 nitrogen and oxygen atoms in total. The maximum Gasteiger partial charge on any atom is 0.309 e. The first-order valence-electron chi connectivity index (χ1n) is 14.8. The van der Waals surface area contributed by atoms with E-state index in [4.69, 9.17) is 18.4 Å². The molecule has 1 fully saturated rings. The Morgan fingerprint density at radius 2 is 1.93 bits per heavy atom. The van der Waals surface area contributed by atoms with Gasteiger partial charge >= 0.3 is 11.9 Å². The first-order chi connectivity index (χ1) is 19.4. The molecule has 2 heterocycles. The second-order valence-electron chi connectivity index (χ2n) is 12.2. The van der Waals surface area contributed by atoms with E-state index in [-0.39, 0.29) is 49.2 Å². The van der Waals surface area contributed by atoms with E-state index in [2.05, 4.69) is 6.92 Å². The van der Waals surface area contributed by atoms with E-state index in [0.717, 1.165) is 18.2 Å². The van der Waals surface area contributed by atoms with Crippen molar-refractivity contribution in [3.8, 4) is 0 Å². The molecule has 0 bridgehead atoms. The van der Waals surface area contributed by atoms with Gasteiger partial charge in [-0.2, -0.15) is 8.42 Å². The van der Waals surface area contributed by atoms with Crippen LogP contribution in [0.25, 0.3) is 0 Å². The molecule has 0 spiro atoms. The molecule has 0 radical (unpaired) electrons. The van der Waals surface area contributed by atoms with Gasteiger partial charge in [0.2, 0.25) is 0 Å². The van der Waals surface area contributed by atoms with Crippen LogP contribution in [0.1, 0.15) is 80.6 Å². The van der Waals surface area contributed by atoms with E-state index in [1.54, 1.807) is 19.1 Å². The third kappa shape index (κ3) is 11.9. The molecule has 1 saturated heterocycles. The number of esters is 2. The number of cyclic esters (lactones) is 1. The van der Waals surface area contributed by atoms with Crippen molar-refractivity contribution in [2.45, 2.75) is 123 Å². The van der Waals surface area contributed by atoms with Gasteiger partial charge in [0.05, 0.1) is 37.1 Å². The largest absolute Gasteiger partial charge is 0.457 e. The summed E-state index contributed by atoms with van der Waals surface area (Å²) in [5.74, 6) is -1.27. The zero-order chi connectivity index (χ0) is 31.8. The molecule has 0 amide bonds. The van der Waals surface area contributed by atoms with Gasteiger partial charge in [0.15, 0.2) is 0 Å². The molecule has 42 heavy (non-hydrogen) atoms. The van der Waals surface area contributed by atoms with Crippen molar-refractivity contribution in [1.82, 2.24) is 0 Å². The number of rotatable bonds is 11. The smallest absolute Gasteiger partial charge is 0.309 e. The highest BCUT2D eigenvalue weighted by atomic mass is 32.2. The molecule has 2 rings (SSSR count). The predicted molar refractivity (Wildman–Crippen MR) is 159 cm³/mol. The Morgan fingerprint density at radius 1 is 1.26 bits per heavy atom. The Kier molecular flexibility index (Phi) is 13.4. The van der Waals surface area contributed by atoms with Crippen LogP contribution in [0, 0.1) is 17.8 Å². The van der Waals surface area contributed by atoms with Crippen LogP contribution < -0.4 is 0 Å². The van der Waals surface area contributed by atoms with Crippen LogP contribution in [0.4, 0.5) is 0 Å². The average Bonchev–Trinajstić information content (AvgIpc) is 3.63. The van der Waals surface area contributed by atoms with E-state index in [1.807, 2.05) is 45.9 Å². The number of aliphatic hydroxyl groups is 2. The molecule has 0 aromatic heterocycles. The van der Waals surface area contributed by atoms with Crippen LogP contribution in [-0.4, -0.2) is 79.1 Å². The van der Waals surface area contributed by atoms with Crippen molar-refractivity contribution in [3.05, 3.63) is 36.0 Å². The molecule has 2 aliphatic rings. The van der Waals surface area contributed by atoms with E-state index >= 15 is 0 Å². The lowest BCUT2D eigenvalue weighted by Gasteiger charge is -2.32. The summed E-state index contributed by atoms with van der Waals surface area (Å²) < 4.78 is 45.4. The number of ether oxygens (including phenoxy) is 3. The van der Waals surface area contributed by atoms with Gasteiger partial charge in [-0.25, -0.2) is 0 Å². The minimum absolute atomic E-state index is 0.0214. The van der Waals surface area contributed by atoms with Gasteiger partial charge < -0.3 is 24.4 Å². The first kappa shape index (κ1) is 36.1. The molecule has 240 valence electrons. The van der Waals surface area contributed by atoms with Crippen LogP contribution >= 0.6 is 0 Å². The fraction of sp³-hybridized carbons (Fsp3) is 0.742. The molecule has 2 aliphatic heterocycles. The quantitative estimate of drug-likeness (QED) is 0.115. The lowest BCUT2D eigenvalue weighted by molar-refractivity contribution is -0.157. The third-order valence-corrected chi connectivity index (χ3v) is 8.49. The Bertz CT molecular complexity index is 1110. The summed E-state index contributed by atoms with van der Waals surface area (Å²) >= 11 is 0. The van der Waals surface area contributed by atoms with Crippen LogP contribution in [0.15, 0.2) is 36.0 Å². The van der Waals surface area contributed by atoms with Crippen molar-refractivity contribution >= 4 is 22.1 Å². The van der Waals surface area contributed by atoms with Gasteiger partial charge in [0.25, 0.3) is 10.1 Å². The summed E-state index contributed by atoms with van der Waals surface area (Å²) in [6, 6.07) is 0. The zero-order valence-corrected chi connectivity index (χ0v) is 27.0. The Hall–Kier alpha value is -2.05. The van der Waals surface area contributed by atoms with Crippen LogP contribution in [-0.2, 0) is 38.1 Å². The van der Waals surface area contributed by atoms with E-state index in [1.165, 1.54) is 6.92 Å². The predicted octanol–water partition coefficient (Wildman–Crippen LogP) is 4.01. The van der Waals surface area contributed by atoms with Crippen LogP contribution in [0.5, 0.6) is 0 Å². The highest BCUT2D eigenvalue weighted by Crippen LogP contribution is 2.37. The summed E-state index contributed by atoms with van der Waals surface area (Å²) in [5, 5.41) is 21.3. The highest BCUT2D eigenvalue weighted by Gasteiger charge is 2.46. The molecule has 0 saturated carbocycles. The molecule has 0 aromatic carbocycles. The topological polar surface area (TPSA) is 149 Å².